The molecule has 20 heavy (non-hydrogen) atoms. The molecule has 6 heteroatoms. The zero-order valence-electron chi connectivity index (χ0n) is 11.5. The predicted octanol–water partition coefficient (Wildman–Crippen LogP) is 3.16. The first-order valence-corrected chi connectivity index (χ1v) is 6.69. The Morgan fingerprint density at radius 3 is 2.60 bits per heavy atom. The highest BCUT2D eigenvalue weighted by Gasteiger charge is 2.20. The number of rotatable bonds is 1. The van der Waals surface area contributed by atoms with E-state index in [1.165, 1.54) is 0 Å². The third-order valence-electron chi connectivity index (χ3n) is 2.92. The van der Waals surface area contributed by atoms with Crippen LogP contribution < -0.4 is 0 Å². The molecule has 0 spiro atoms. The number of aromatic nitrogens is 5. The minimum atomic E-state index is -0.184. The number of nitrogens with zero attached hydrogens (tertiary/aromatic N) is 5. The molecule has 3 aromatic rings. The normalized spacial score (nSPS) is 12.0. The molecule has 0 aliphatic heterocycles. The Hall–Kier alpha value is -2.01. The van der Waals surface area contributed by atoms with Crippen LogP contribution in [0.4, 0.5) is 0 Å². The summed E-state index contributed by atoms with van der Waals surface area (Å²) >= 11 is 6.11. The van der Waals surface area contributed by atoms with E-state index in [9.17, 15) is 0 Å². The topological polar surface area (TPSA) is 56.5 Å². The smallest absolute Gasteiger partial charge is 0.161 e. The SMILES string of the molecule is CC(C)(C)c1nc(Cl)cc(-n2nnc3ccccc32)n1. The molecule has 0 radical (unpaired) electrons. The second kappa shape index (κ2) is 4.52. The van der Waals surface area contributed by atoms with Crippen LogP contribution in [-0.2, 0) is 5.41 Å². The van der Waals surface area contributed by atoms with Crippen LogP contribution in [0.3, 0.4) is 0 Å². The summed E-state index contributed by atoms with van der Waals surface area (Å²) in [7, 11) is 0. The van der Waals surface area contributed by atoms with Gasteiger partial charge in [0.15, 0.2) is 5.82 Å². The molecule has 2 heterocycles. The summed E-state index contributed by atoms with van der Waals surface area (Å²) in [5.41, 5.74) is 1.53. The van der Waals surface area contributed by atoms with Crippen LogP contribution in [0.2, 0.25) is 5.15 Å². The molecule has 0 atom stereocenters. The van der Waals surface area contributed by atoms with Gasteiger partial charge in [0, 0.05) is 11.5 Å². The molecule has 2 aromatic heterocycles. The summed E-state index contributed by atoms with van der Waals surface area (Å²) in [6, 6.07) is 9.41. The Morgan fingerprint density at radius 1 is 1.10 bits per heavy atom. The summed E-state index contributed by atoms with van der Waals surface area (Å²) < 4.78 is 1.68. The van der Waals surface area contributed by atoms with E-state index in [4.69, 9.17) is 11.6 Å². The number of hydrogen-bond donors (Lipinski definition) is 0. The molecule has 0 bridgehead atoms. The van der Waals surface area contributed by atoms with Gasteiger partial charge >= 0.3 is 0 Å². The highest BCUT2D eigenvalue weighted by molar-refractivity contribution is 6.29. The van der Waals surface area contributed by atoms with E-state index in [2.05, 4.69) is 20.3 Å². The number of hydrogen-bond acceptors (Lipinski definition) is 4. The Balaban J connectivity index is 2.22. The fourth-order valence-corrected chi connectivity index (χ4v) is 2.07. The van der Waals surface area contributed by atoms with Crippen molar-refractivity contribution in [2.75, 3.05) is 0 Å². The minimum Gasteiger partial charge on any atom is -0.220 e. The van der Waals surface area contributed by atoms with Crippen molar-refractivity contribution in [3.05, 3.63) is 41.3 Å². The summed E-state index contributed by atoms with van der Waals surface area (Å²) in [6.45, 7) is 6.13. The monoisotopic (exact) mass is 287 g/mol. The van der Waals surface area contributed by atoms with Crippen molar-refractivity contribution in [2.24, 2.45) is 0 Å². The van der Waals surface area contributed by atoms with Crippen molar-refractivity contribution in [3.63, 3.8) is 0 Å². The van der Waals surface area contributed by atoms with E-state index in [1.807, 2.05) is 45.0 Å². The van der Waals surface area contributed by atoms with Gasteiger partial charge in [-0.25, -0.2) is 9.97 Å². The average molecular weight is 288 g/mol. The molecular formula is C14H14ClN5. The summed E-state index contributed by atoms with van der Waals surface area (Å²) in [5, 5.41) is 8.68. The minimum absolute atomic E-state index is 0.184. The Kier molecular flexibility index (Phi) is 2.94. The van der Waals surface area contributed by atoms with Crippen molar-refractivity contribution in [1.29, 1.82) is 0 Å². The average Bonchev–Trinajstić information content (AvgIpc) is 2.80. The fourth-order valence-electron chi connectivity index (χ4n) is 1.89. The largest absolute Gasteiger partial charge is 0.220 e. The summed E-state index contributed by atoms with van der Waals surface area (Å²) in [5.74, 6) is 1.31. The van der Waals surface area contributed by atoms with Gasteiger partial charge in [0.2, 0.25) is 0 Å². The maximum atomic E-state index is 6.11. The third kappa shape index (κ3) is 2.25. The summed E-state index contributed by atoms with van der Waals surface area (Å²) in [6.07, 6.45) is 0. The van der Waals surface area contributed by atoms with E-state index < -0.39 is 0 Å². The van der Waals surface area contributed by atoms with Gasteiger partial charge in [-0.15, -0.1) is 5.10 Å². The van der Waals surface area contributed by atoms with Crippen LogP contribution in [0.15, 0.2) is 30.3 Å². The van der Waals surface area contributed by atoms with Crippen molar-refractivity contribution in [2.45, 2.75) is 26.2 Å². The van der Waals surface area contributed by atoms with E-state index >= 15 is 0 Å². The van der Waals surface area contributed by atoms with Crippen LogP contribution in [0.25, 0.3) is 16.9 Å². The molecule has 1 aromatic carbocycles. The Labute approximate surface area is 121 Å². The fraction of sp³-hybridized carbons (Fsp3) is 0.286. The zero-order valence-corrected chi connectivity index (χ0v) is 12.3. The maximum Gasteiger partial charge on any atom is 0.161 e. The molecule has 0 fully saturated rings. The Bertz CT molecular complexity index is 773. The van der Waals surface area contributed by atoms with Gasteiger partial charge in [0.05, 0.1) is 5.52 Å². The first-order chi connectivity index (χ1) is 9.45. The maximum absolute atomic E-state index is 6.11. The van der Waals surface area contributed by atoms with Gasteiger partial charge in [0.25, 0.3) is 0 Å². The molecule has 0 aliphatic rings. The van der Waals surface area contributed by atoms with Gasteiger partial charge in [-0.3, -0.25) is 0 Å². The highest BCUT2D eigenvalue weighted by atomic mass is 35.5. The van der Waals surface area contributed by atoms with Crippen LogP contribution in [0, 0.1) is 0 Å². The van der Waals surface area contributed by atoms with Gasteiger partial charge in [-0.1, -0.05) is 49.7 Å². The predicted molar refractivity (Wildman–Crippen MR) is 78.2 cm³/mol. The standard InChI is InChI=1S/C14H14ClN5/c1-14(2,3)13-16-11(15)8-12(17-13)20-10-7-5-4-6-9(10)18-19-20/h4-8H,1-3H3. The van der Waals surface area contributed by atoms with Crippen molar-refractivity contribution in [1.82, 2.24) is 25.0 Å². The molecule has 0 saturated heterocycles. The Morgan fingerprint density at radius 2 is 1.85 bits per heavy atom. The lowest BCUT2D eigenvalue weighted by Gasteiger charge is -2.17. The van der Waals surface area contributed by atoms with E-state index in [0.717, 1.165) is 11.0 Å². The molecule has 0 amide bonds. The molecule has 0 saturated carbocycles. The van der Waals surface area contributed by atoms with Gasteiger partial charge in [-0.05, 0) is 12.1 Å². The van der Waals surface area contributed by atoms with Crippen molar-refractivity contribution in [3.8, 4) is 5.82 Å². The quantitative estimate of drug-likeness (QED) is 0.645. The second-order valence-corrected chi connectivity index (χ2v) is 6.00. The number of fused-ring (bicyclic) bond motifs is 1. The van der Waals surface area contributed by atoms with Crippen molar-refractivity contribution < 1.29 is 0 Å². The number of para-hydroxylation sites is 1. The first kappa shape index (κ1) is 13.0. The molecule has 0 aliphatic carbocycles. The van der Waals surface area contributed by atoms with E-state index in [-0.39, 0.29) is 5.41 Å². The van der Waals surface area contributed by atoms with Crippen LogP contribution in [0.5, 0.6) is 0 Å². The second-order valence-electron chi connectivity index (χ2n) is 5.61. The summed E-state index contributed by atoms with van der Waals surface area (Å²) in [4.78, 5) is 8.85. The van der Waals surface area contributed by atoms with Gasteiger partial charge in [-0.2, -0.15) is 4.68 Å². The van der Waals surface area contributed by atoms with E-state index in [1.54, 1.807) is 10.7 Å². The van der Waals surface area contributed by atoms with Crippen LogP contribution in [-0.4, -0.2) is 25.0 Å². The third-order valence-corrected chi connectivity index (χ3v) is 3.11. The molecule has 5 nitrogen and oxygen atoms in total. The molecule has 0 unspecified atom stereocenters. The molecule has 102 valence electrons. The number of halogens is 1. The highest BCUT2D eigenvalue weighted by Crippen LogP contribution is 2.23. The van der Waals surface area contributed by atoms with Crippen molar-refractivity contribution >= 4 is 22.6 Å². The van der Waals surface area contributed by atoms with Crippen LogP contribution in [0.1, 0.15) is 26.6 Å². The lowest BCUT2D eigenvalue weighted by Crippen LogP contribution is -2.17. The first-order valence-electron chi connectivity index (χ1n) is 6.31. The van der Waals surface area contributed by atoms with Crippen LogP contribution >= 0.6 is 11.6 Å². The lowest BCUT2D eigenvalue weighted by atomic mass is 9.96. The molecule has 0 N–H and O–H groups in total. The van der Waals surface area contributed by atoms with Gasteiger partial charge < -0.3 is 0 Å². The molecular weight excluding hydrogens is 274 g/mol. The molecule has 3 rings (SSSR count). The lowest BCUT2D eigenvalue weighted by molar-refractivity contribution is 0.542. The van der Waals surface area contributed by atoms with E-state index in [0.29, 0.717) is 16.8 Å². The zero-order chi connectivity index (χ0) is 14.3. The van der Waals surface area contributed by atoms with Gasteiger partial charge in [0.1, 0.15) is 16.5 Å². The number of benzene rings is 1.